The van der Waals surface area contributed by atoms with Gasteiger partial charge in [0, 0.05) is 6.08 Å². The average molecular weight is 651 g/mol. The normalized spacial score (nSPS) is 31.5. The van der Waals surface area contributed by atoms with E-state index in [9.17, 15) is 15.0 Å². The Balaban J connectivity index is 1.01. The minimum atomic E-state index is -0.399. The van der Waals surface area contributed by atoms with Gasteiger partial charge >= 0.3 is 5.97 Å². The molecule has 9 atom stereocenters. The monoisotopic (exact) mass is 650 g/mol. The van der Waals surface area contributed by atoms with Gasteiger partial charge in [-0.25, -0.2) is 4.79 Å². The molecule has 0 unspecified atom stereocenters. The van der Waals surface area contributed by atoms with E-state index in [0.717, 1.165) is 82.6 Å². The lowest BCUT2D eigenvalue weighted by Crippen LogP contribution is -2.32. The summed E-state index contributed by atoms with van der Waals surface area (Å²) < 4.78 is 30.2. The molecule has 8 nitrogen and oxygen atoms in total. The Morgan fingerprint density at radius 2 is 1.30 bits per heavy atom. The zero-order chi connectivity index (χ0) is 32.6. The zero-order valence-electron chi connectivity index (χ0n) is 29.1. The number of carbonyl (C=O) groups is 1. The molecule has 0 radical (unpaired) electrons. The Kier molecular flexibility index (Phi) is 17.4. The van der Waals surface area contributed by atoms with Crippen molar-refractivity contribution in [3.63, 3.8) is 0 Å². The third-order valence-corrected chi connectivity index (χ3v) is 10.8. The van der Waals surface area contributed by atoms with Gasteiger partial charge in [-0.1, -0.05) is 90.4 Å². The summed E-state index contributed by atoms with van der Waals surface area (Å²) in [6, 6.07) is 0. The zero-order valence-corrected chi connectivity index (χ0v) is 29.1. The van der Waals surface area contributed by atoms with Gasteiger partial charge in [-0.05, 0) is 76.7 Å². The molecule has 0 aromatic carbocycles. The first-order valence-corrected chi connectivity index (χ1v) is 19.2. The first-order chi connectivity index (χ1) is 22.4. The quantitative estimate of drug-likeness (QED) is 0.0902. The maximum Gasteiger partial charge on any atom is 0.331 e. The molecule has 0 aromatic rings. The van der Waals surface area contributed by atoms with Crippen LogP contribution in [0.15, 0.2) is 11.6 Å². The van der Waals surface area contributed by atoms with E-state index in [1.54, 1.807) is 0 Å². The third kappa shape index (κ3) is 13.1. The molecule has 0 bridgehead atoms. The van der Waals surface area contributed by atoms with Crippen LogP contribution in [0.2, 0.25) is 0 Å². The second-order valence-corrected chi connectivity index (χ2v) is 14.6. The molecule has 46 heavy (non-hydrogen) atoms. The van der Waals surface area contributed by atoms with Crippen LogP contribution >= 0.6 is 0 Å². The number of unbranched alkanes of at least 4 members (excludes halogenated alkanes) is 11. The molecule has 4 aliphatic heterocycles. The molecule has 4 rings (SSSR count). The molecule has 0 aromatic heterocycles. The maximum atomic E-state index is 11.3. The second-order valence-electron chi connectivity index (χ2n) is 14.6. The SMILES string of the molecule is CCCCCCCCCC[C@H](O)[C@H]1CC[C@@H]([C@@H]2CC[C@@H]([C@@H]3CC[C@H](CCCCCCC[C@@H](O)CC4=CC(=O)O[C@H]4C)O3)OCO2)O1. The minimum absolute atomic E-state index is 0.0326. The van der Waals surface area contributed by atoms with Crippen LogP contribution in [-0.2, 0) is 28.5 Å². The largest absolute Gasteiger partial charge is 0.455 e. The third-order valence-electron chi connectivity index (χ3n) is 10.8. The topological polar surface area (TPSA) is 104 Å². The van der Waals surface area contributed by atoms with E-state index in [1.807, 2.05) is 6.92 Å². The molecule has 3 fully saturated rings. The highest BCUT2D eigenvalue weighted by atomic mass is 16.7. The first-order valence-electron chi connectivity index (χ1n) is 19.2. The van der Waals surface area contributed by atoms with Gasteiger partial charge in [0.1, 0.15) is 12.9 Å². The molecular weight excluding hydrogens is 584 g/mol. The average Bonchev–Trinajstić information content (AvgIpc) is 3.75. The van der Waals surface area contributed by atoms with Gasteiger partial charge in [-0.15, -0.1) is 0 Å². The fraction of sp³-hybridized carbons (Fsp3) is 0.921. The Morgan fingerprint density at radius 3 is 1.98 bits per heavy atom. The number of hydrogen-bond donors (Lipinski definition) is 2. The molecule has 0 aliphatic carbocycles. The van der Waals surface area contributed by atoms with Crippen LogP contribution in [0.5, 0.6) is 0 Å². The lowest BCUT2D eigenvalue weighted by Gasteiger charge is -2.24. The van der Waals surface area contributed by atoms with Crippen molar-refractivity contribution >= 4 is 5.97 Å². The summed E-state index contributed by atoms with van der Waals surface area (Å²) in [4.78, 5) is 11.3. The van der Waals surface area contributed by atoms with E-state index >= 15 is 0 Å². The fourth-order valence-electron chi connectivity index (χ4n) is 7.87. The van der Waals surface area contributed by atoms with E-state index in [4.69, 9.17) is 23.7 Å². The summed E-state index contributed by atoms with van der Waals surface area (Å²) in [7, 11) is 0. The highest BCUT2D eigenvalue weighted by Crippen LogP contribution is 2.34. The Hall–Kier alpha value is -1.03. The molecule has 0 saturated carbocycles. The van der Waals surface area contributed by atoms with E-state index in [0.29, 0.717) is 19.3 Å². The van der Waals surface area contributed by atoms with E-state index in [-0.39, 0.29) is 48.7 Å². The summed E-state index contributed by atoms with van der Waals surface area (Å²) in [6.07, 6.45) is 26.2. The number of cyclic esters (lactones) is 1. The van der Waals surface area contributed by atoms with Crippen LogP contribution < -0.4 is 0 Å². The van der Waals surface area contributed by atoms with E-state index < -0.39 is 6.10 Å². The van der Waals surface area contributed by atoms with Crippen molar-refractivity contribution < 1.29 is 38.7 Å². The molecule has 3 saturated heterocycles. The molecule has 4 aliphatic rings. The van der Waals surface area contributed by atoms with E-state index in [2.05, 4.69) is 6.92 Å². The number of ether oxygens (including phenoxy) is 5. The number of aliphatic hydroxyl groups excluding tert-OH is 2. The van der Waals surface area contributed by atoms with Crippen LogP contribution in [0.3, 0.4) is 0 Å². The Morgan fingerprint density at radius 1 is 0.717 bits per heavy atom. The van der Waals surface area contributed by atoms with Crippen molar-refractivity contribution in [1.29, 1.82) is 0 Å². The lowest BCUT2D eigenvalue weighted by atomic mass is 9.98. The van der Waals surface area contributed by atoms with Crippen molar-refractivity contribution in [2.75, 3.05) is 6.79 Å². The van der Waals surface area contributed by atoms with Crippen LogP contribution in [-0.4, -0.2) is 77.9 Å². The summed E-state index contributed by atoms with van der Waals surface area (Å²) in [5.74, 6) is -0.291. The Bertz CT molecular complexity index is 879. The molecular formula is C38H66O8. The van der Waals surface area contributed by atoms with Gasteiger partial charge in [0.15, 0.2) is 0 Å². The predicted molar refractivity (Wildman–Crippen MR) is 179 cm³/mol. The van der Waals surface area contributed by atoms with Crippen molar-refractivity contribution in [3.8, 4) is 0 Å². The number of carbonyl (C=O) groups excluding carboxylic acids is 1. The van der Waals surface area contributed by atoms with Crippen LogP contribution in [0.25, 0.3) is 0 Å². The molecule has 266 valence electrons. The number of esters is 1. The van der Waals surface area contributed by atoms with Crippen molar-refractivity contribution in [3.05, 3.63) is 11.6 Å². The van der Waals surface area contributed by atoms with Gasteiger partial charge < -0.3 is 33.9 Å². The van der Waals surface area contributed by atoms with Crippen molar-refractivity contribution in [1.82, 2.24) is 0 Å². The lowest BCUT2D eigenvalue weighted by molar-refractivity contribution is -0.154. The summed E-state index contributed by atoms with van der Waals surface area (Å²) >= 11 is 0. The van der Waals surface area contributed by atoms with Crippen molar-refractivity contribution in [2.24, 2.45) is 0 Å². The smallest absolute Gasteiger partial charge is 0.331 e. The maximum absolute atomic E-state index is 11.3. The molecule has 8 heteroatoms. The Labute approximate surface area is 279 Å². The first kappa shape index (κ1) is 37.8. The van der Waals surface area contributed by atoms with E-state index in [1.165, 1.54) is 70.3 Å². The fourth-order valence-corrected chi connectivity index (χ4v) is 7.87. The van der Waals surface area contributed by atoms with Crippen LogP contribution in [0.1, 0.15) is 162 Å². The van der Waals surface area contributed by atoms with Gasteiger partial charge in [0.25, 0.3) is 0 Å². The van der Waals surface area contributed by atoms with Crippen LogP contribution in [0, 0.1) is 0 Å². The number of rotatable bonds is 22. The molecule has 4 heterocycles. The van der Waals surface area contributed by atoms with Crippen molar-refractivity contribution in [2.45, 2.75) is 216 Å². The highest BCUT2D eigenvalue weighted by molar-refractivity contribution is 5.85. The van der Waals surface area contributed by atoms with Gasteiger partial charge in [0.05, 0.1) is 48.8 Å². The van der Waals surface area contributed by atoms with Crippen LogP contribution in [0.4, 0.5) is 0 Å². The summed E-state index contributed by atoms with van der Waals surface area (Å²) in [5, 5.41) is 21.1. The minimum Gasteiger partial charge on any atom is -0.455 e. The number of aliphatic hydroxyl groups is 2. The standard InChI is InChI=1S/C38H66O8/c1-3-4-5-6-7-8-12-15-18-32(40)33-21-24-37(46-33)35-23-22-34(42-27-43-35)36-20-19-31(45-36)17-14-11-9-10-13-16-30(39)25-29-26-38(41)44-28(29)2/h26,28,30-37,39-40H,3-25,27H2,1-2H3/t28-,30+,31-,32-,33+,34-,35-,36-,37-/m0/s1. The second kappa shape index (κ2) is 21.1. The predicted octanol–water partition coefficient (Wildman–Crippen LogP) is 7.85. The van der Waals surface area contributed by atoms with Gasteiger partial charge in [0.2, 0.25) is 0 Å². The summed E-state index contributed by atoms with van der Waals surface area (Å²) in [6.45, 7) is 4.41. The summed E-state index contributed by atoms with van der Waals surface area (Å²) in [5.41, 5.74) is 0.908. The van der Waals surface area contributed by atoms with Gasteiger partial charge in [-0.2, -0.15) is 0 Å². The number of hydrogen-bond acceptors (Lipinski definition) is 8. The molecule has 2 N–H and O–H groups in total. The van der Waals surface area contributed by atoms with Gasteiger partial charge in [-0.3, -0.25) is 0 Å². The highest BCUT2D eigenvalue weighted by Gasteiger charge is 2.39. The molecule has 0 spiro atoms. The molecule has 0 amide bonds.